The number of aromatic nitrogens is 1. The van der Waals surface area contributed by atoms with Gasteiger partial charge in [-0.3, -0.25) is 0 Å². The summed E-state index contributed by atoms with van der Waals surface area (Å²) in [4.78, 5) is 4.35. The molecule has 1 aliphatic carbocycles. The Bertz CT molecular complexity index is 574. The molecule has 1 saturated carbocycles. The highest BCUT2D eigenvalue weighted by molar-refractivity contribution is 8.01. The summed E-state index contributed by atoms with van der Waals surface area (Å²) in [5.41, 5.74) is 1.41. The first-order chi connectivity index (χ1) is 9.86. The Hall–Kier alpha value is -1.31. The van der Waals surface area contributed by atoms with Crippen molar-refractivity contribution in [2.45, 2.75) is 34.8 Å². The quantitative estimate of drug-likeness (QED) is 0.823. The molecule has 0 radical (unpaired) electrons. The number of thiazole rings is 1. The number of hydrogen-bond acceptors (Lipinski definition) is 4. The van der Waals surface area contributed by atoms with Crippen LogP contribution in [0.4, 0.5) is 0 Å². The lowest BCUT2D eigenvalue weighted by Gasteiger charge is -2.32. The molecule has 1 heterocycles. The van der Waals surface area contributed by atoms with Crippen LogP contribution in [0.3, 0.4) is 0 Å². The molecule has 0 amide bonds. The molecule has 0 N–H and O–H groups in total. The van der Waals surface area contributed by atoms with Gasteiger partial charge in [-0.2, -0.15) is 5.26 Å². The Morgan fingerprint density at radius 2 is 2.10 bits per heavy atom. The lowest BCUT2D eigenvalue weighted by Crippen LogP contribution is -2.25. The van der Waals surface area contributed by atoms with Gasteiger partial charge in [-0.05, 0) is 30.7 Å². The summed E-state index contributed by atoms with van der Waals surface area (Å²) in [6.07, 6.45) is 5.04. The molecule has 3 atom stereocenters. The number of nitriles is 1. The van der Waals surface area contributed by atoms with E-state index in [0.717, 1.165) is 23.6 Å². The molecule has 0 saturated heterocycles. The molecular weight excluding hydrogens is 284 g/mol. The molecular formula is C16H16N2S2. The van der Waals surface area contributed by atoms with Crippen molar-refractivity contribution in [2.75, 3.05) is 0 Å². The third-order valence-corrected chi connectivity index (χ3v) is 6.16. The van der Waals surface area contributed by atoms with Gasteiger partial charge < -0.3 is 0 Å². The van der Waals surface area contributed by atoms with Crippen molar-refractivity contribution in [1.82, 2.24) is 4.98 Å². The zero-order valence-electron chi connectivity index (χ0n) is 11.1. The van der Waals surface area contributed by atoms with E-state index in [2.05, 4.69) is 41.4 Å². The highest BCUT2D eigenvalue weighted by Crippen LogP contribution is 2.43. The van der Waals surface area contributed by atoms with E-state index in [9.17, 15) is 5.26 Å². The fourth-order valence-electron chi connectivity index (χ4n) is 2.83. The number of nitrogens with zero attached hydrogens (tertiary/aromatic N) is 2. The van der Waals surface area contributed by atoms with Gasteiger partial charge in [-0.15, -0.1) is 11.3 Å². The third kappa shape index (κ3) is 3.05. The molecule has 1 aromatic heterocycles. The standard InChI is InChI=1S/C16H16N2S2/c17-11-14-7-6-13(12-4-2-1-3-5-12)10-15(14)20-16-18-8-9-19-16/h1-5,8-9,13-15H,6-7,10H2. The SMILES string of the molecule is N#CC1CCC(c2ccccc2)CC1Sc1nccs1. The van der Waals surface area contributed by atoms with Crippen LogP contribution in [0.5, 0.6) is 0 Å². The molecule has 1 aliphatic rings. The van der Waals surface area contributed by atoms with Gasteiger partial charge in [0.1, 0.15) is 4.34 Å². The maximum absolute atomic E-state index is 9.37. The minimum atomic E-state index is 0.156. The molecule has 1 aromatic carbocycles. The Kier molecular flexibility index (Phi) is 4.39. The van der Waals surface area contributed by atoms with Crippen molar-refractivity contribution in [3.8, 4) is 6.07 Å². The number of benzene rings is 1. The van der Waals surface area contributed by atoms with E-state index >= 15 is 0 Å². The van der Waals surface area contributed by atoms with E-state index in [0.29, 0.717) is 11.2 Å². The van der Waals surface area contributed by atoms with E-state index in [1.165, 1.54) is 5.56 Å². The van der Waals surface area contributed by atoms with Crippen LogP contribution in [0, 0.1) is 17.2 Å². The molecule has 1 fully saturated rings. The van der Waals surface area contributed by atoms with Gasteiger partial charge in [-0.25, -0.2) is 4.98 Å². The average molecular weight is 300 g/mol. The first-order valence-electron chi connectivity index (χ1n) is 6.87. The molecule has 4 heteroatoms. The lowest BCUT2D eigenvalue weighted by atomic mass is 9.79. The minimum absolute atomic E-state index is 0.156. The van der Waals surface area contributed by atoms with E-state index in [4.69, 9.17) is 0 Å². The smallest absolute Gasteiger partial charge is 0.150 e. The maximum Gasteiger partial charge on any atom is 0.150 e. The average Bonchev–Trinajstić information content (AvgIpc) is 3.01. The topological polar surface area (TPSA) is 36.7 Å². The van der Waals surface area contributed by atoms with Crippen LogP contribution in [0.1, 0.15) is 30.7 Å². The zero-order valence-corrected chi connectivity index (χ0v) is 12.7. The van der Waals surface area contributed by atoms with Crippen LogP contribution >= 0.6 is 23.1 Å². The fourth-order valence-corrected chi connectivity index (χ4v) is 5.02. The second-order valence-corrected chi connectivity index (χ2v) is 7.49. The van der Waals surface area contributed by atoms with Crippen LogP contribution in [-0.2, 0) is 0 Å². The molecule has 2 aromatic rings. The highest BCUT2D eigenvalue weighted by Gasteiger charge is 2.32. The second kappa shape index (κ2) is 6.43. The molecule has 3 unspecified atom stereocenters. The van der Waals surface area contributed by atoms with Crippen molar-refractivity contribution in [3.05, 3.63) is 47.5 Å². The summed E-state index contributed by atoms with van der Waals surface area (Å²) in [6, 6.07) is 13.2. The second-order valence-electron chi connectivity index (χ2n) is 5.11. The third-order valence-electron chi connectivity index (χ3n) is 3.89. The summed E-state index contributed by atoms with van der Waals surface area (Å²) < 4.78 is 1.09. The summed E-state index contributed by atoms with van der Waals surface area (Å²) in [6.45, 7) is 0. The molecule has 0 bridgehead atoms. The van der Waals surface area contributed by atoms with Gasteiger partial charge in [0.15, 0.2) is 0 Å². The van der Waals surface area contributed by atoms with E-state index in [-0.39, 0.29) is 5.92 Å². The summed E-state index contributed by atoms with van der Waals surface area (Å²) in [7, 11) is 0. The number of thioether (sulfide) groups is 1. The fraction of sp³-hybridized carbons (Fsp3) is 0.375. The molecule has 20 heavy (non-hydrogen) atoms. The van der Waals surface area contributed by atoms with E-state index in [1.807, 2.05) is 11.6 Å². The lowest BCUT2D eigenvalue weighted by molar-refractivity contribution is 0.393. The Balaban J connectivity index is 1.74. The number of hydrogen-bond donors (Lipinski definition) is 0. The van der Waals surface area contributed by atoms with Crippen molar-refractivity contribution in [2.24, 2.45) is 5.92 Å². The van der Waals surface area contributed by atoms with E-state index < -0.39 is 0 Å². The molecule has 2 nitrogen and oxygen atoms in total. The molecule has 0 aliphatic heterocycles. The summed E-state index contributed by atoms with van der Waals surface area (Å²) in [5.74, 6) is 0.738. The normalized spacial score (nSPS) is 26.1. The predicted octanol–water partition coefficient (Wildman–Crippen LogP) is 4.71. The predicted molar refractivity (Wildman–Crippen MR) is 83.9 cm³/mol. The van der Waals surface area contributed by atoms with Gasteiger partial charge in [0.05, 0.1) is 12.0 Å². The van der Waals surface area contributed by atoms with Gasteiger partial charge in [-0.1, -0.05) is 42.1 Å². The first-order valence-corrected chi connectivity index (χ1v) is 8.63. The van der Waals surface area contributed by atoms with Crippen molar-refractivity contribution >= 4 is 23.1 Å². The largest absolute Gasteiger partial charge is 0.238 e. The first kappa shape index (κ1) is 13.7. The molecule has 0 spiro atoms. The number of rotatable bonds is 3. The maximum atomic E-state index is 9.37. The van der Waals surface area contributed by atoms with Crippen molar-refractivity contribution in [1.29, 1.82) is 5.26 Å². The van der Waals surface area contributed by atoms with Crippen LogP contribution in [-0.4, -0.2) is 10.2 Å². The Morgan fingerprint density at radius 1 is 1.25 bits per heavy atom. The van der Waals surface area contributed by atoms with Crippen molar-refractivity contribution < 1.29 is 0 Å². The highest BCUT2D eigenvalue weighted by atomic mass is 32.2. The molecule has 102 valence electrons. The summed E-state index contributed by atoms with van der Waals surface area (Å²) in [5, 5.41) is 11.7. The van der Waals surface area contributed by atoms with Crippen molar-refractivity contribution in [3.63, 3.8) is 0 Å². The van der Waals surface area contributed by atoms with Crippen LogP contribution in [0.25, 0.3) is 0 Å². The monoisotopic (exact) mass is 300 g/mol. The van der Waals surface area contributed by atoms with Crippen LogP contribution < -0.4 is 0 Å². The molecule has 3 rings (SSSR count). The van der Waals surface area contributed by atoms with Crippen LogP contribution in [0.15, 0.2) is 46.2 Å². The minimum Gasteiger partial charge on any atom is -0.238 e. The zero-order chi connectivity index (χ0) is 13.8. The van der Waals surface area contributed by atoms with Crippen LogP contribution in [0.2, 0.25) is 0 Å². The summed E-state index contributed by atoms with van der Waals surface area (Å²) >= 11 is 3.46. The van der Waals surface area contributed by atoms with Gasteiger partial charge in [0, 0.05) is 16.8 Å². The van der Waals surface area contributed by atoms with Gasteiger partial charge in [0.25, 0.3) is 0 Å². The van der Waals surface area contributed by atoms with Gasteiger partial charge in [0.2, 0.25) is 0 Å². The van der Waals surface area contributed by atoms with E-state index in [1.54, 1.807) is 23.1 Å². The van der Waals surface area contributed by atoms with Gasteiger partial charge >= 0.3 is 0 Å². The Labute approximate surface area is 127 Å². The Morgan fingerprint density at radius 3 is 2.80 bits per heavy atom.